The number of aromatic nitrogens is 2. The van der Waals surface area contributed by atoms with Gasteiger partial charge >= 0.3 is 0 Å². The van der Waals surface area contributed by atoms with Crippen molar-refractivity contribution < 1.29 is 21.6 Å². The summed E-state index contributed by atoms with van der Waals surface area (Å²) in [6.45, 7) is 0.663. The number of carbonyl (C=O) groups excluding carboxylic acids is 1. The van der Waals surface area contributed by atoms with Crippen LogP contribution >= 0.6 is 0 Å². The van der Waals surface area contributed by atoms with Gasteiger partial charge in [0.1, 0.15) is 6.54 Å². The molecule has 10 nitrogen and oxygen atoms in total. The summed E-state index contributed by atoms with van der Waals surface area (Å²) in [5.74, 6) is -0.453. The number of rotatable bonds is 10. The van der Waals surface area contributed by atoms with Crippen LogP contribution in [-0.4, -0.2) is 70.0 Å². The van der Waals surface area contributed by atoms with Crippen molar-refractivity contribution in [2.45, 2.75) is 17.9 Å². The third-order valence-corrected chi connectivity index (χ3v) is 7.04. The summed E-state index contributed by atoms with van der Waals surface area (Å²) >= 11 is 0. The molecule has 0 aliphatic heterocycles. The summed E-state index contributed by atoms with van der Waals surface area (Å²) < 4.78 is 52.5. The maximum absolute atomic E-state index is 12.2. The first-order chi connectivity index (χ1) is 13.5. The number of imidazole rings is 1. The molecule has 2 aromatic rings. The second-order valence-electron chi connectivity index (χ2n) is 6.55. The first-order valence-electron chi connectivity index (χ1n) is 8.74. The first kappa shape index (κ1) is 22.8. The van der Waals surface area contributed by atoms with E-state index in [1.807, 2.05) is 10.8 Å². The minimum atomic E-state index is -3.74. The van der Waals surface area contributed by atoms with Gasteiger partial charge in [0.25, 0.3) is 0 Å². The van der Waals surface area contributed by atoms with E-state index >= 15 is 0 Å². The van der Waals surface area contributed by atoms with E-state index in [1.165, 1.54) is 38.4 Å². The van der Waals surface area contributed by atoms with Gasteiger partial charge in [-0.25, -0.2) is 26.1 Å². The normalized spacial score (nSPS) is 12.1. The van der Waals surface area contributed by atoms with E-state index in [0.29, 0.717) is 19.5 Å². The lowest BCUT2D eigenvalue weighted by Crippen LogP contribution is -2.40. The van der Waals surface area contributed by atoms with Crippen LogP contribution in [0, 0.1) is 0 Å². The Morgan fingerprint density at radius 1 is 1.14 bits per heavy atom. The molecule has 12 heteroatoms. The molecule has 1 amide bonds. The average Bonchev–Trinajstić information content (AvgIpc) is 3.16. The number of amides is 1. The van der Waals surface area contributed by atoms with Gasteiger partial charge in [0, 0.05) is 39.6 Å². The average molecular weight is 444 g/mol. The van der Waals surface area contributed by atoms with Crippen LogP contribution in [0.2, 0.25) is 0 Å². The van der Waals surface area contributed by atoms with E-state index in [-0.39, 0.29) is 10.6 Å². The van der Waals surface area contributed by atoms with Crippen molar-refractivity contribution in [3.63, 3.8) is 0 Å². The highest BCUT2D eigenvalue weighted by atomic mass is 32.2. The van der Waals surface area contributed by atoms with Crippen molar-refractivity contribution in [2.24, 2.45) is 0 Å². The fourth-order valence-corrected chi connectivity index (χ4v) is 4.25. The third kappa shape index (κ3) is 6.27. The Morgan fingerprint density at radius 3 is 2.31 bits per heavy atom. The minimum Gasteiger partial charge on any atom is -0.354 e. The van der Waals surface area contributed by atoms with Crippen molar-refractivity contribution in [2.75, 3.05) is 37.7 Å². The molecule has 0 bridgehead atoms. The number of anilines is 1. The van der Waals surface area contributed by atoms with Gasteiger partial charge in [0.2, 0.25) is 26.0 Å². The maximum atomic E-state index is 12.2. The lowest BCUT2D eigenvalue weighted by Gasteiger charge is -2.22. The number of nitrogens with one attached hydrogen (secondary N) is 1. The molecule has 0 atom stereocenters. The molecule has 0 fully saturated rings. The lowest BCUT2D eigenvalue weighted by molar-refractivity contribution is -0.119. The Balaban J connectivity index is 2.03. The zero-order chi connectivity index (χ0) is 21.7. The fraction of sp³-hybridized carbons (Fsp3) is 0.412. The highest BCUT2D eigenvalue weighted by Gasteiger charge is 2.22. The lowest BCUT2D eigenvalue weighted by atomic mass is 10.3. The van der Waals surface area contributed by atoms with Crippen molar-refractivity contribution >= 4 is 31.6 Å². The van der Waals surface area contributed by atoms with Gasteiger partial charge in [-0.2, -0.15) is 0 Å². The fourth-order valence-electron chi connectivity index (χ4n) is 2.49. The number of carbonyl (C=O) groups is 1. The monoisotopic (exact) mass is 443 g/mol. The van der Waals surface area contributed by atoms with Crippen LogP contribution in [0.4, 0.5) is 5.69 Å². The highest BCUT2D eigenvalue weighted by molar-refractivity contribution is 7.92. The quantitative estimate of drug-likeness (QED) is 0.520. The summed E-state index contributed by atoms with van der Waals surface area (Å²) in [7, 11) is -4.56. The molecule has 0 saturated heterocycles. The first-order valence-corrected chi connectivity index (χ1v) is 12.0. The molecule has 0 saturated carbocycles. The van der Waals surface area contributed by atoms with Gasteiger partial charge in [0.05, 0.1) is 23.2 Å². The Labute approximate surface area is 171 Å². The van der Waals surface area contributed by atoms with E-state index < -0.39 is 32.5 Å². The maximum Gasteiger partial charge on any atom is 0.242 e. The van der Waals surface area contributed by atoms with E-state index in [1.54, 1.807) is 12.5 Å². The second kappa shape index (κ2) is 9.37. The number of aryl methyl sites for hydroxylation is 1. The Bertz CT molecular complexity index is 1020. The number of sulfonamides is 2. The van der Waals surface area contributed by atoms with Crippen LogP contribution in [0.3, 0.4) is 0 Å². The van der Waals surface area contributed by atoms with Gasteiger partial charge < -0.3 is 9.88 Å². The molecule has 2 rings (SSSR count). The number of nitrogens with zero attached hydrogens (tertiary/aromatic N) is 4. The number of hydrogen-bond acceptors (Lipinski definition) is 6. The SMILES string of the molecule is CN(C)S(=O)(=O)c1ccc(N(CC(=O)NCCCn2ccnc2)S(C)(=O)=O)cc1. The molecule has 1 N–H and O–H groups in total. The molecule has 29 heavy (non-hydrogen) atoms. The molecule has 0 spiro atoms. The van der Waals surface area contributed by atoms with E-state index in [9.17, 15) is 21.6 Å². The molecule has 0 aliphatic carbocycles. The number of benzene rings is 1. The predicted octanol–water partition coefficient (Wildman–Crippen LogP) is 0.106. The van der Waals surface area contributed by atoms with Crippen LogP contribution < -0.4 is 9.62 Å². The molecule has 1 aromatic carbocycles. The van der Waals surface area contributed by atoms with Crippen LogP contribution in [0.5, 0.6) is 0 Å². The van der Waals surface area contributed by atoms with Gasteiger partial charge in [-0.3, -0.25) is 9.10 Å². The Hall–Kier alpha value is -2.44. The molecule has 1 heterocycles. The van der Waals surface area contributed by atoms with Gasteiger partial charge in [-0.1, -0.05) is 0 Å². The molecule has 0 aliphatic rings. The van der Waals surface area contributed by atoms with Crippen molar-refractivity contribution in [1.29, 1.82) is 0 Å². The Morgan fingerprint density at radius 2 is 1.79 bits per heavy atom. The number of hydrogen-bond donors (Lipinski definition) is 1. The van der Waals surface area contributed by atoms with Gasteiger partial charge in [0.15, 0.2) is 0 Å². The van der Waals surface area contributed by atoms with Gasteiger partial charge in [-0.05, 0) is 30.7 Å². The van der Waals surface area contributed by atoms with Crippen molar-refractivity contribution in [3.05, 3.63) is 43.0 Å². The summed E-state index contributed by atoms with van der Waals surface area (Å²) in [5, 5.41) is 2.69. The van der Waals surface area contributed by atoms with E-state index in [0.717, 1.165) is 14.9 Å². The predicted molar refractivity (Wildman–Crippen MR) is 109 cm³/mol. The van der Waals surface area contributed by atoms with Crippen molar-refractivity contribution in [1.82, 2.24) is 19.2 Å². The molecular formula is C17H25N5O5S2. The minimum absolute atomic E-state index is 0.0312. The van der Waals surface area contributed by atoms with Crippen LogP contribution in [0.25, 0.3) is 0 Å². The summed E-state index contributed by atoms with van der Waals surface area (Å²) in [4.78, 5) is 16.2. The largest absolute Gasteiger partial charge is 0.354 e. The summed E-state index contributed by atoms with van der Waals surface area (Å²) in [6, 6.07) is 5.35. The molecular weight excluding hydrogens is 418 g/mol. The standard InChI is InChI=1S/C17H25N5O5S2/c1-20(2)29(26,27)16-7-5-15(6-8-16)22(28(3,24)25)13-17(23)19-9-4-11-21-12-10-18-14-21/h5-8,10,12,14H,4,9,11,13H2,1-3H3,(H,19,23). The second-order valence-corrected chi connectivity index (χ2v) is 10.6. The zero-order valence-corrected chi connectivity index (χ0v) is 18.1. The summed E-state index contributed by atoms with van der Waals surface area (Å²) in [5.41, 5.74) is 0.207. The summed E-state index contributed by atoms with van der Waals surface area (Å²) in [6.07, 6.45) is 6.81. The van der Waals surface area contributed by atoms with Crippen molar-refractivity contribution in [3.8, 4) is 0 Å². The zero-order valence-electron chi connectivity index (χ0n) is 16.5. The van der Waals surface area contributed by atoms with Crippen LogP contribution in [0.1, 0.15) is 6.42 Å². The van der Waals surface area contributed by atoms with Crippen LogP contribution in [0.15, 0.2) is 47.9 Å². The highest BCUT2D eigenvalue weighted by Crippen LogP contribution is 2.21. The molecule has 0 unspecified atom stereocenters. The topological polar surface area (TPSA) is 122 Å². The van der Waals surface area contributed by atoms with E-state index in [2.05, 4.69) is 10.3 Å². The van der Waals surface area contributed by atoms with Crippen LogP contribution in [-0.2, 0) is 31.4 Å². The molecule has 160 valence electrons. The van der Waals surface area contributed by atoms with Gasteiger partial charge in [-0.15, -0.1) is 0 Å². The third-order valence-electron chi connectivity index (χ3n) is 4.07. The van der Waals surface area contributed by atoms with E-state index in [4.69, 9.17) is 0 Å². The Kier molecular flexibility index (Phi) is 7.38. The molecule has 0 radical (unpaired) electrons. The molecule has 1 aromatic heterocycles. The smallest absolute Gasteiger partial charge is 0.242 e.